The van der Waals surface area contributed by atoms with Gasteiger partial charge in [-0.3, -0.25) is 9.59 Å². The van der Waals surface area contributed by atoms with Crippen molar-refractivity contribution in [3.05, 3.63) is 76.8 Å². The van der Waals surface area contributed by atoms with Crippen molar-refractivity contribution in [1.29, 1.82) is 0 Å². The summed E-state index contributed by atoms with van der Waals surface area (Å²) in [5, 5.41) is 5.52. The minimum atomic E-state index is -0.469. The molecular weight excluding hydrogens is 372 g/mol. The van der Waals surface area contributed by atoms with Crippen LogP contribution < -0.4 is 5.32 Å². The van der Waals surface area contributed by atoms with Gasteiger partial charge < -0.3 is 10.1 Å². The highest BCUT2D eigenvalue weighted by molar-refractivity contribution is 7.13. The third-order valence-corrected chi connectivity index (χ3v) is 5.16. The smallest absolute Gasteiger partial charge is 0.312 e. The lowest BCUT2D eigenvalue weighted by molar-refractivity contribution is -0.148. The molecule has 0 unspecified atom stereocenters. The lowest BCUT2D eigenvalue weighted by atomic mass is 10.1. The van der Waals surface area contributed by atoms with Gasteiger partial charge in [-0.2, -0.15) is 0 Å². The zero-order valence-corrected chi connectivity index (χ0v) is 16.7. The fourth-order valence-electron chi connectivity index (χ4n) is 2.67. The van der Waals surface area contributed by atoms with E-state index in [-0.39, 0.29) is 25.0 Å². The number of thiazole rings is 1. The number of hydrogen-bond acceptors (Lipinski definition) is 5. The van der Waals surface area contributed by atoms with Crippen molar-refractivity contribution >= 4 is 23.2 Å². The van der Waals surface area contributed by atoms with Gasteiger partial charge in [0.15, 0.2) is 6.61 Å². The summed E-state index contributed by atoms with van der Waals surface area (Å²) in [6, 6.07) is 17.5. The number of amides is 1. The minimum Gasteiger partial charge on any atom is -0.455 e. The molecule has 0 spiro atoms. The van der Waals surface area contributed by atoms with Crippen LogP contribution in [0.25, 0.3) is 10.6 Å². The quantitative estimate of drug-likeness (QED) is 0.613. The summed E-state index contributed by atoms with van der Waals surface area (Å²) < 4.78 is 5.09. The van der Waals surface area contributed by atoms with Crippen LogP contribution in [-0.4, -0.2) is 23.5 Å². The topological polar surface area (TPSA) is 68.3 Å². The van der Waals surface area contributed by atoms with Crippen LogP contribution in [0.2, 0.25) is 0 Å². The Morgan fingerprint density at radius 2 is 1.82 bits per heavy atom. The number of ether oxygens (including phenoxy) is 1. The molecule has 0 saturated heterocycles. The molecule has 0 aliphatic heterocycles. The summed E-state index contributed by atoms with van der Waals surface area (Å²) in [5.74, 6) is -0.799. The molecule has 3 rings (SSSR count). The average Bonchev–Trinajstić information content (AvgIpc) is 3.16. The van der Waals surface area contributed by atoms with Crippen LogP contribution in [0.4, 0.5) is 0 Å². The number of nitrogens with one attached hydrogen (secondary N) is 1. The third-order valence-electron chi connectivity index (χ3n) is 4.22. The molecule has 1 aromatic heterocycles. The Bertz CT molecular complexity index is 936. The molecule has 1 atom stereocenters. The summed E-state index contributed by atoms with van der Waals surface area (Å²) in [6.45, 7) is 3.62. The van der Waals surface area contributed by atoms with Crippen LogP contribution in [-0.2, 0) is 20.7 Å². The molecule has 5 nitrogen and oxygen atoms in total. The first-order chi connectivity index (χ1) is 13.5. The first kappa shape index (κ1) is 19.8. The molecule has 1 amide bonds. The van der Waals surface area contributed by atoms with Crippen LogP contribution >= 0.6 is 11.3 Å². The van der Waals surface area contributed by atoms with Crippen LogP contribution in [0.15, 0.2) is 60.0 Å². The Morgan fingerprint density at radius 1 is 1.11 bits per heavy atom. The summed E-state index contributed by atoms with van der Waals surface area (Å²) >= 11 is 1.48. The van der Waals surface area contributed by atoms with Gasteiger partial charge in [-0.25, -0.2) is 4.98 Å². The van der Waals surface area contributed by atoms with Gasteiger partial charge in [0, 0.05) is 10.9 Å². The Hall–Kier alpha value is -2.99. The molecule has 1 N–H and O–H groups in total. The van der Waals surface area contributed by atoms with E-state index in [9.17, 15) is 9.59 Å². The van der Waals surface area contributed by atoms with Gasteiger partial charge in [0.05, 0.1) is 18.2 Å². The van der Waals surface area contributed by atoms with Gasteiger partial charge in [0.25, 0.3) is 5.91 Å². The van der Waals surface area contributed by atoms with Gasteiger partial charge in [0.1, 0.15) is 5.01 Å². The van der Waals surface area contributed by atoms with Crippen molar-refractivity contribution in [2.45, 2.75) is 26.3 Å². The number of rotatable bonds is 7. The van der Waals surface area contributed by atoms with Gasteiger partial charge in [-0.15, -0.1) is 11.3 Å². The number of nitrogens with zero attached hydrogens (tertiary/aromatic N) is 1. The maximum atomic E-state index is 12.0. The van der Waals surface area contributed by atoms with E-state index in [4.69, 9.17) is 4.74 Å². The first-order valence-electron chi connectivity index (χ1n) is 9.02. The molecule has 0 fully saturated rings. The Kier molecular flexibility index (Phi) is 6.55. The highest BCUT2D eigenvalue weighted by Crippen LogP contribution is 2.24. The molecule has 0 aliphatic carbocycles. The number of benzene rings is 2. The zero-order chi connectivity index (χ0) is 19.9. The SMILES string of the molecule is Cc1ccc(-c2nc(CC(=O)OCC(=O)N[C@@H](C)c3ccccc3)cs2)cc1. The summed E-state index contributed by atoms with van der Waals surface area (Å²) in [6.07, 6.45) is 0.0455. The molecule has 0 saturated carbocycles. The van der Waals surface area contributed by atoms with E-state index in [1.165, 1.54) is 16.9 Å². The van der Waals surface area contributed by atoms with E-state index in [0.29, 0.717) is 5.69 Å². The van der Waals surface area contributed by atoms with Crippen molar-refractivity contribution < 1.29 is 14.3 Å². The molecule has 0 radical (unpaired) electrons. The number of aryl methyl sites for hydroxylation is 1. The molecule has 0 bridgehead atoms. The van der Waals surface area contributed by atoms with Crippen molar-refractivity contribution in [3.63, 3.8) is 0 Å². The lowest BCUT2D eigenvalue weighted by Crippen LogP contribution is -2.31. The number of hydrogen-bond donors (Lipinski definition) is 1. The predicted octanol–water partition coefficient (Wildman–Crippen LogP) is 4.08. The van der Waals surface area contributed by atoms with Crippen molar-refractivity contribution in [1.82, 2.24) is 10.3 Å². The van der Waals surface area contributed by atoms with E-state index in [2.05, 4.69) is 10.3 Å². The molecule has 2 aromatic carbocycles. The zero-order valence-electron chi connectivity index (χ0n) is 15.8. The minimum absolute atomic E-state index is 0.0455. The van der Waals surface area contributed by atoms with E-state index in [1.807, 2.05) is 73.8 Å². The summed E-state index contributed by atoms with van der Waals surface area (Å²) in [4.78, 5) is 28.5. The second kappa shape index (κ2) is 9.28. The second-order valence-corrected chi connectivity index (χ2v) is 7.41. The maximum Gasteiger partial charge on any atom is 0.312 e. The summed E-state index contributed by atoms with van der Waals surface area (Å²) in [5.41, 5.74) is 3.84. The monoisotopic (exact) mass is 394 g/mol. The molecule has 144 valence electrons. The van der Waals surface area contributed by atoms with E-state index >= 15 is 0 Å². The molecule has 1 heterocycles. The first-order valence-corrected chi connectivity index (χ1v) is 9.90. The fourth-order valence-corrected chi connectivity index (χ4v) is 3.50. The van der Waals surface area contributed by atoms with Crippen molar-refractivity contribution in [2.24, 2.45) is 0 Å². The Balaban J connectivity index is 1.47. The normalized spacial score (nSPS) is 11.6. The van der Waals surface area contributed by atoms with Gasteiger partial charge >= 0.3 is 5.97 Å². The molecule has 3 aromatic rings. The highest BCUT2D eigenvalue weighted by atomic mass is 32.1. The second-order valence-electron chi connectivity index (χ2n) is 6.55. The third kappa shape index (κ3) is 5.50. The lowest BCUT2D eigenvalue weighted by Gasteiger charge is -2.14. The molecule has 28 heavy (non-hydrogen) atoms. The fraction of sp³-hybridized carbons (Fsp3) is 0.227. The maximum absolute atomic E-state index is 12.0. The van der Waals surface area contributed by atoms with Gasteiger partial charge in [-0.1, -0.05) is 60.2 Å². The van der Waals surface area contributed by atoms with Crippen molar-refractivity contribution in [3.8, 4) is 10.6 Å². The van der Waals surface area contributed by atoms with E-state index < -0.39 is 5.97 Å². The number of esters is 1. The number of aromatic nitrogens is 1. The van der Waals surface area contributed by atoms with Crippen LogP contribution in [0, 0.1) is 6.92 Å². The standard InChI is InChI=1S/C22H22N2O3S/c1-15-8-10-18(11-9-15)22-24-19(14-28-22)12-21(26)27-13-20(25)23-16(2)17-6-4-3-5-7-17/h3-11,14,16H,12-13H2,1-2H3,(H,23,25)/t16-/m0/s1. The van der Waals surface area contributed by atoms with Crippen LogP contribution in [0.1, 0.15) is 29.8 Å². The molecule has 0 aliphatic rings. The summed E-state index contributed by atoms with van der Waals surface area (Å²) in [7, 11) is 0. The largest absolute Gasteiger partial charge is 0.455 e. The van der Waals surface area contributed by atoms with Crippen LogP contribution in [0.3, 0.4) is 0 Å². The van der Waals surface area contributed by atoms with Crippen LogP contribution in [0.5, 0.6) is 0 Å². The number of carbonyl (C=O) groups excluding carboxylic acids is 2. The van der Waals surface area contributed by atoms with Gasteiger partial charge in [-0.05, 0) is 19.4 Å². The highest BCUT2D eigenvalue weighted by Gasteiger charge is 2.14. The van der Waals surface area contributed by atoms with E-state index in [1.54, 1.807) is 0 Å². The number of carbonyl (C=O) groups is 2. The van der Waals surface area contributed by atoms with Gasteiger partial charge in [0.2, 0.25) is 0 Å². The molecule has 6 heteroatoms. The predicted molar refractivity (Wildman–Crippen MR) is 110 cm³/mol. The van der Waals surface area contributed by atoms with E-state index in [0.717, 1.165) is 16.1 Å². The van der Waals surface area contributed by atoms with Crippen molar-refractivity contribution in [2.75, 3.05) is 6.61 Å². The molecular formula is C22H22N2O3S. The average molecular weight is 394 g/mol. The Morgan fingerprint density at radius 3 is 2.54 bits per heavy atom. The Labute approximate surface area is 168 Å².